The summed E-state index contributed by atoms with van der Waals surface area (Å²) in [4.78, 5) is 14.6. The van der Waals surface area contributed by atoms with Gasteiger partial charge in [0, 0.05) is 20.1 Å². The quantitative estimate of drug-likeness (QED) is 0.595. The average molecular weight is 397 g/mol. The Labute approximate surface area is 168 Å². The highest BCUT2D eigenvalue weighted by Crippen LogP contribution is 2.25. The van der Waals surface area contributed by atoms with Gasteiger partial charge in [-0.05, 0) is 42.9 Å². The predicted octanol–water partition coefficient (Wildman–Crippen LogP) is 3.65. The van der Waals surface area contributed by atoms with Gasteiger partial charge in [-0.25, -0.2) is 0 Å². The molecule has 0 aliphatic carbocycles. The normalized spacial score (nSPS) is 15.1. The van der Waals surface area contributed by atoms with Crippen LogP contribution in [0.4, 0.5) is 0 Å². The van der Waals surface area contributed by atoms with Crippen LogP contribution in [-0.2, 0) is 18.3 Å². The summed E-state index contributed by atoms with van der Waals surface area (Å²) in [5, 5.41) is 9.09. The van der Waals surface area contributed by atoms with Crippen molar-refractivity contribution >= 4 is 17.7 Å². The topological polar surface area (TPSA) is 64.2 Å². The number of hydrogen-bond acceptors (Lipinski definition) is 5. The average Bonchev–Trinajstić information content (AvgIpc) is 3.37. The largest absolute Gasteiger partial charge is 0.461 e. The van der Waals surface area contributed by atoms with Crippen molar-refractivity contribution in [3.05, 3.63) is 54.3 Å². The SMILES string of the molecule is Cn1c(SCC(=O)N2CCC(Cc3ccccc3)CC2)nnc1-c1ccco1. The first-order valence-electron chi connectivity index (χ1n) is 9.58. The second-order valence-corrected chi connectivity index (χ2v) is 8.09. The van der Waals surface area contributed by atoms with E-state index < -0.39 is 0 Å². The van der Waals surface area contributed by atoms with Crippen LogP contribution in [-0.4, -0.2) is 44.4 Å². The van der Waals surface area contributed by atoms with Crippen LogP contribution in [0.2, 0.25) is 0 Å². The molecule has 0 atom stereocenters. The molecule has 6 nitrogen and oxygen atoms in total. The van der Waals surface area contributed by atoms with E-state index in [-0.39, 0.29) is 5.91 Å². The Kier molecular flexibility index (Phi) is 5.81. The zero-order valence-corrected chi connectivity index (χ0v) is 16.8. The zero-order chi connectivity index (χ0) is 19.3. The maximum atomic E-state index is 12.6. The number of carbonyl (C=O) groups is 1. The molecule has 0 radical (unpaired) electrons. The lowest BCUT2D eigenvalue weighted by Gasteiger charge is -2.32. The Balaban J connectivity index is 1.26. The number of nitrogens with zero attached hydrogens (tertiary/aromatic N) is 4. The number of amides is 1. The molecule has 0 bridgehead atoms. The summed E-state index contributed by atoms with van der Waals surface area (Å²) >= 11 is 1.43. The van der Waals surface area contributed by atoms with Crippen molar-refractivity contribution in [3.8, 4) is 11.6 Å². The summed E-state index contributed by atoms with van der Waals surface area (Å²) in [7, 11) is 1.89. The van der Waals surface area contributed by atoms with E-state index in [2.05, 4.69) is 40.5 Å². The Bertz CT molecular complexity index is 900. The molecule has 1 aliphatic rings. The number of thioether (sulfide) groups is 1. The van der Waals surface area contributed by atoms with E-state index in [4.69, 9.17) is 4.42 Å². The van der Waals surface area contributed by atoms with E-state index in [0.29, 0.717) is 23.3 Å². The number of hydrogen-bond donors (Lipinski definition) is 0. The highest BCUT2D eigenvalue weighted by molar-refractivity contribution is 7.99. The molecular formula is C21H24N4O2S. The summed E-state index contributed by atoms with van der Waals surface area (Å²) in [6.07, 6.45) is 4.85. The number of carbonyl (C=O) groups excluding carboxylic acids is 1. The molecule has 0 spiro atoms. The highest BCUT2D eigenvalue weighted by Gasteiger charge is 2.23. The molecule has 2 aromatic heterocycles. The van der Waals surface area contributed by atoms with E-state index >= 15 is 0 Å². The number of aromatic nitrogens is 3. The van der Waals surface area contributed by atoms with Crippen molar-refractivity contribution in [1.82, 2.24) is 19.7 Å². The molecule has 0 unspecified atom stereocenters. The Morgan fingerprint density at radius 1 is 1.14 bits per heavy atom. The Morgan fingerprint density at radius 3 is 2.64 bits per heavy atom. The zero-order valence-electron chi connectivity index (χ0n) is 16.0. The Hall–Kier alpha value is -2.54. The molecule has 1 aromatic carbocycles. The minimum absolute atomic E-state index is 0.172. The molecule has 3 heterocycles. The van der Waals surface area contributed by atoms with Gasteiger partial charge in [0.25, 0.3) is 0 Å². The molecule has 1 saturated heterocycles. The van der Waals surface area contributed by atoms with Gasteiger partial charge >= 0.3 is 0 Å². The lowest BCUT2D eigenvalue weighted by atomic mass is 9.90. The van der Waals surface area contributed by atoms with Crippen molar-refractivity contribution in [2.45, 2.75) is 24.4 Å². The standard InChI is InChI=1S/C21H24N4O2S/c1-24-20(18-8-5-13-27-18)22-23-21(24)28-15-19(26)25-11-9-17(10-12-25)14-16-6-3-2-4-7-16/h2-8,13,17H,9-12,14-15H2,1H3. The van der Waals surface area contributed by atoms with Crippen LogP contribution in [0.3, 0.4) is 0 Å². The van der Waals surface area contributed by atoms with E-state index in [1.54, 1.807) is 6.26 Å². The molecule has 0 saturated carbocycles. The predicted molar refractivity (Wildman–Crippen MR) is 109 cm³/mol. The van der Waals surface area contributed by atoms with Crippen LogP contribution in [0.25, 0.3) is 11.6 Å². The molecule has 28 heavy (non-hydrogen) atoms. The Morgan fingerprint density at radius 2 is 1.93 bits per heavy atom. The fraction of sp³-hybridized carbons (Fsp3) is 0.381. The first-order valence-corrected chi connectivity index (χ1v) is 10.6. The molecule has 146 valence electrons. The van der Waals surface area contributed by atoms with Gasteiger partial charge in [-0.15, -0.1) is 10.2 Å². The summed E-state index contributed by atoms with van der Waals surface area (Å²) in [5.74, 6) is 2.56. The molecule has 4 rings (SSSR count). The first kappa shape index (κ1) is 18.8. The molecule has 1 amide bonds. The van der Waals surface area contributed by atoms with E-state index in [1.165, 1.54) is 17.3 Å². The van der Waals surface area contributed by atoms with Crippen molar-refractivity contribution < 1.29 is 9.21 Å². The molecule has 1 aliphatic heterocycles. The number of rotatable bonds is 6. The van der Waals surface area contributed by atoms with Crippen molar-refractivity contribution in [3.63, 3.8) is 0 Å². The van der Waals surface area contributed by atoms with Gasteiger partial charge in [-0.2, -0.15) is 0 Å². The number of piperidine rings is 1. The summed E-state index contributed by atoms with van der Waals surface area (Å²) < 4.78 is 7.24. The number of likely N-dealkylation sites (tertiary alicyclic amines) is 1. The highest BCUT2D eigenvalue weighted by atomic mass is 32.2. The summed E-state index contributed by atoms with van der Waals surface area (Å²) in [6, 6.07) is 14.3. The van der Waals surface area contributed by atoms with Crippen LogP contribution >= 0.6 is 11.8 Å². The van der Waals surface area contributed by atoms with Crippen LogP contribution in [0.1, 0.15) is 18.4 Å². The molecular weight excluding hydrogens is 372 g/mol. The second-order valence-electron chi connectivity index (χ2n) is 7.15. The van der Waals surface area contributed by atoms with Gasteiger partial charge in [-0.1, -0.05) is 42.1 Å². The monoisotopic (exact) mass is 396 g/mol. The minimum atomic E-state index is 0.172. The molecule has 0 N–H and O–H groups in total. The van der Waals surface area contributed by atoms with E-state index in [0.717, 1.165) is 37.5 Å². The molecule has 1 fully saturated rings. The third-order valence-electron chi connectivity index (χ3n) is 5.24. The lowest BCUT2D eigenvalue weighted by Crippen LogP contribution is -2.39. The van der Waals surface area contributed by atoms with Crippen LogP contribution in [0.5, 0.6) is 0 Å². The fourth-order valence-corrected chi connectivity index (χ4v) is 4.43. The third-order valence-corrected chi connectivity index (χ3v) is 6.24. The first-order chi connectivity index (χ1) is 13.7. The molecule has 3 aromatic rings. The molecule has 7 heteroatoms. The van der Waals surface area contributed by atoms with Crippen LogP contribution in [0.15, 0.2) is 58.3 Å². The summed E-state index contributed by atoms with van der Waals surface area (Å²) in [5.41, 5.74) is 1.39. The second kappa shape index (κ2) is 8.65. The van der Waals surface area contributed by atoms with Gasteiger partial charge in [0.05, 0.1) is 12.0 Å². The van der Waals surface area contributed by atoms with Gasteiger partial charge in [-0.3, -0.25) is 4.79 Å². The van der Waals surface area contributed by atoms with E-state index in [9.17, 15) is 4.79 Å². The van der Waals surface area contributed by atoms with E-state index in [1.807, 2.05) is 28.6 Å². The van der Waals surface area contributed by atoms with Gasteiger partial charge in [0.1, 0.15) is 0 Å². The fourth-order valence-electron chi connectivity index (χ4n) is 3.61. The van der Waals surface area contributed by atoms with Gasteiger partial charge < -0.3 is 13.9 Å². The maximum absolute atomic E-state index is 12.6. The third kappa shape index (κ3) is 4.30. The van der Waals surface area contributed by atoms with Crippen molar-refractivity contribution in [2.24, 2.45) is 13.0 Å². The van der Waals surface area contributed by atoms with Gasteiger partial charge in [0.15, 0.2) is 16.7 Å². The van der Waals surface area contributed by atoms with Crippen LogP contribution < -0.4 is 0 Å². The number of furan rings is 1. The smallest absolute Gasteiger partial charge is 0.233 e. The van der Waals surface area contributed by atoms with Crippen LogP contribution in [0, 0.1) is 5.92 Å². The maximum Gasteiger partial charge on any atom is 0.233 e. The van der Waals surface area contributed by atoms with Gasteiger partial charge in [0.2, 0.25) is 5.91 Å². The van der Waals surface area contributed by atoms with Crippen molar-refractivity contribution in [2.75, 3.05) is 18.8 Å². The van der Waals surface area contributed by atoms with Crippen molar-refractivity contribution in [1.29, 1.82) is 0 Å². The summed E-state index contributed by atoms with van der Waals surface area (Å²) in [6.45, 7) is 1.68. The number of benzene rings is 1. The lowest BCUT2D eigenvalue weighted by molar-refractivity contribution is -0.129. The minimum Gasteiger partial charge on any atom is -0.461 e.